The summed E-state index contributed by atoms with van der Waals surface area (Å²) in [5.41, 5.74) is 5.82. The first-order chi connectivity index (χ1) is 14.2. The summed E-state index contributed by atoms with van der Waals surface area (Å²) >= 11 is 0. The highest BCUT2D eigenvalue weighted by atomic mass is 16.5. The van der Waals surface area contributed by atoms with E-state index in [0.29, 0.717) is 5.69 Å². The van der Waals surface area contributed by atoms with E-state index in [9.17, 15) is 24.3 Å². The lowest BCUT2D eigenvalue weighted by molar-refractivity contribution is -0.342. The molecule has 0 fully saturated rings. The second kappa shape index (κ2) is 7.95. The third-order valence-corrected chi connectivity index (χ3v) is 4.10. The van der Waals surface area contributed by atoms with E-state index in [1.54, 1.807) is 30.3 Å². The van der Waals surface area contributed by atoms with Gasteiger partial charge in [-0.15, -0.1) is 0 Å². The van der Waals surface area contributed by atoms with Crippen molar-refractivity contribution in [1.29, 1.82) is 0 Å². The first-order valence-electron chi connectivity index (χ1n) is 8.64. The summed E-state index contributed by atoms with van der Waals surface area (Å²) in [6.07, 6.45) is 0. The van der Waals surface area contributed by atoms with Gasteiger partial charge < -0.3 is 15.6 Å². The summed E-state index contributed by atoms with van der Waals surface area (Å²) < 4.78 is 5.92. The molecule has 1 aliphatic rings. The van der Waals surface area contributed by atoms with E-state index in [2.05, 4.69) is 4.99 Å². The van der Waals surface area contributed by atoms with Crippen molar-refractivity contribution in [3.63, 3.8) is 0 Å². The van der Waals surface area contributed by atoms with Crippen LogP contribution in [0.25, 0.3) is 0 Å². The average Bonchev–Trinajstić information content (AvgIpc) is 2.69. The number of hydrogen-bond acceptors (Lipinski definition) is 7. The topological polar surface area (TPSA) is 142 Å². The van der Waals surface area contributed by atoms with Crippen LogP contribution in [-0.2, 0) is 9.59 Å². The molecule has 0 aliphatic carbocycles. The predicted octanol–water partition coefficient (Wildman–Crippen LogP) is 1.19. The van der Waals surface area contributed by atoms with Crippen LogP contribution >= 0.6 is 0 Å². The Morgan fingerprint density at radius 3 is 2.43 bits per heavy atom. The normalized spacial score (nSPS) is 15.5. The summed E-state index contributed by atoms with van der Waals surface area (Å²) in [6.45, 7) is 1.16. The maximum Gasteiger partial charge on any atom is 0.451 e. The number of imide groups is 1. The van der Waals surface area contributed by atoms with Gasteiger partial charge >= 0.3 is 17.9 Å². The lowest BCUT2D eigenvalue weighted by atomic mass is 10.1. The van der Waals surface area contributed by atoms with Crippen LogP contribution in [0.2, 0.25) is 0 Å². The summed E-state index contributed by atoms with van der Waals surface area (Å²) in [7, 11) is 1.24. The minimum Gasteiger partial charge on any atom is -0.508 e. The van der Waals surface area contributed by atoms with Crippen LogP contribution in [0.3, 0.4) is 0 Å². The Morgan fingerprint density at radius 2 is 1.80 bits per heavy atom. The molecule has 0 spiro atoms. The van der Waals surface area contributed by atoms with Crippen molar-refractivity contribution in [2.75, 3.05) is 7.05 Å². The fraction of sp³-hybridized carbons (Fsp3) is 0.100. The number of amides is 4. The molecule has 3 rings (SSSR count). The Labute approximate surface area is 170 Å². The van der Waals surface area contributed by atoms with E-state index >= 15 is 0 Å². The van der Waals surface area contributed by atoms with Crippen LogP contribution in [0, 0.1) is 0 Å². The van der Waals surface area contributed by atoms with E-state index in [1.165, 1.54) is 13.1 Å². The minimum absolute atomic E-state index is 0.0730. The van der Waals surface area contributed by atoms with Crippen LogP contribution < -0.4 is 10.5 Å². The number of phenols is 1. The number of urea groups is 1. The smallest absolute Gasteiger partial charge is 0.451 e. The second-order valence-corrected chi connectivity index (χ2v) is 6.28. The Hall–Kier alpha value is -4.34. The number of carbonyl (C=O) groups excluding carboxylic acids is 4. The molecule has 3 N–H and O–H groups in total. The zero-order chi connectivity index (χ0) is 22.0. The van der Waals surface area contributed by atoms with Crippen LogP contribution in [-0.4, -0.2) is 57.0 Å². The zero-order valence-corrected chi connectivity index (χ0v) is 16.0. The lowest BCUT2D eigenvalue weighted by Gasteiger charge is -2.20. The number of esters is 1. The number of nitrogens with two attached hydrogens (primary N) is 1. The number of rotatable bonds is 3. The van der Waals surface area contributed by atoms with Gasteiger partial charge in [0.15, 0.2) is 0 Å². The third-order valence-electron chi connectivity index (χ3n) is 4.10. The quantitative estimate of drug-likeness (QED) is 0.440. The molecular weight excluding hydrogens is 392 g/mol. The average molecular weight is 409 g/mol. The van der Waals surface area contributed by atoms with Gasteiger partial charge in [-0.1, -0.05) is 18.2 Å². The molecule has 0 radical (unpaired) electrons. The highest BCUT2D eigenvalue weighted by Gasteiger charge is 2.42. The van der Waals surface area contributed by atoms with Gasteiger partial charge in [0.25, 0.3) is 11.7 Å². The number of ether oxygens (including phenoxy) is 1. The SMILES string of the molecule is CC(=O)Oc1cc(O)cc(C(=O)N=C2C(=O)N(C)C(=O)[N+](c3ccccc3)=C2N)c1. The van der Waals surface area contributed by atoms with Gasteiger partial charge in [0.05, 0.1) is 7.05 Å². The van der Waals surface area contributed by atoms with E-state index in [-0.39, 0.29) is 22.9 Å². The number of nitrogens with zero attached hydrogens (tertiary/aromatic N) is 3. The zero-order valence-electron chi connectivity index (χ0n) is 16.0. The van der Waals surface area contributed by atoms with Gasteiger partial charge in [-0.05, 0) is 24.3 Å². The van der Waals surface area contributed by atoms with Gasteiger partial charge in [-0.25, -0.2) is 9.59 Å². The van der Waals surface area contributed by atoms with Crippen molar-refractivity contribution < 1.29 is 33.6 Å². The number of aliphatic imine (C=N–C) groups is 1. The molecule has 0 unspecified atom stereocenters. The third kappa shape index (κ3) is 3.92. The largest absolute Gasteiger partial charge is 0.508 e. The standard InChI is InChI=1S/C20H16N4O6/c1-11(25)30-15-9-12(8-14(26)10-15)18(27)22-16-17(21)24(13-6-4-3-5-7-13)20(29)23(2)19(16)28/h3-10,21,26H,1-2H3/p+1. The number of para-hydroxylation sites is 1. The lowest BCUT2D eigenvalue weighted by Crippen LogP contribution is -2.55. The molecule has 4 amide bonds. The molecule has 2 aromatic carbocycles. The van der Waals surface area contributed by atoms with Crippen LogP contribution in [0.15, 0.2) is 53.5 Å². The minimum atomic E-state index is -0.929. The fourth-order valence-electron chi connectivity index (χ4n) is 2.74. The van der Waals surface area contributed by atoms with Crippen LogP contribution in [0.1, 0.15) is 17.3 Å². The number of aromatic hydroxyl groups is 1. The van der Waals surface area contributed by atoms with Crippen LogP contribution in [0.5, 0.6) is 11.5 Å². The molecule has 0 aromatic heterocycles. The Morgan fingerprint density at radius 1 is 1.13 bits per heavy atom. The number of hydrogen-bond donors (Lipinski definition) is 2. The van der Waals surface area contributed by atoms with Crippen molar-refractivity contribution in [3.8, 4) is 11.5 Å². The van der Waals surface area contributed by atoms with E-state index in [4.69, 9.17) is 10.5 Å². The van der Waals surface area contributed by atoms with Crippen molar-refractivity contribution in [2.45, 2.75) is 6.92 Å². The molecule has 0 bridgehead atoms. The van der Waals surface area contributed by atoms with Gasteiger partial charge in [-0.2, -0.15) is 14.5 Å². The summed E-state index contributed by atoms with van der Waals surface area (Å²) in [5, 5.41) is 9.78. The molecule has 10 heteroatoms. The Balaban J connectivity index is 2.09. The summed E-state index contributed by atoms with van der Waals surface area (Å²) in [6, 6.07) is 11.0. The monoisotopic (exact) mass is 409 g/mol. The molecular formula is C20H17N4O6+. The molecule has 0 atom stereocenters. The highest BCUT2D eigenvalue weighted by molar-refractivity contribution is 6.68. The predicted molar refractivity (Wildman–Crippen MR) is 105 cm³/mol. The van der Waals surface area contributed by atoms with Gasteiger partial charge in [0, 0.05) is 18.6 Å². The molecule has 2 aromatic rings. The van der Waals surface area contributed by atoms with Gasteiger partial charge in [0.2, 0.25) is 5.71 Å². The summed E-state index contributed by atoms with van der Waals surface area (Å²) in [5.74, 6) is -3.18. The van der Waals surface area contributed by atoms with Crippen molar-refractivity contribution in [2.24, 2.45) is 10.7 Å². The molecule has 30 heavy (non-hydrogen) atoms. The first-order valence-corrected chi connectivity index (χ1v) is 8.64. The Kier molecular flexibility index (Phi) is 5.41. The van der Waals surface area contributed by atoms with E-state index < -0.39 is 29.5 Å². The molecule has 1 aliphatic heterocycles. The van der Waals surface area contributed by atoms with Crippen molar-refractivity contribution in [3.05, 3.63) is 54.1 Å². The number of carbonyl (C=O) groups is 4. The summed E-state index contributed by atoms with van der Waals surface area (Å²) in [4.78, 5) is 53.4. The molecule has 0 saturated carbocycles. The number of benzene rings is 2. The maximum absolute atomic E-state index is 12.6. The number of phenolic OH excluding ortho intramolecular Hbond substituents is 1. The fourth-order valence-corrected chi connectivity index (χ4v) is 2.74. The van der Waals surface area contributed by atoms with Crippen LogP contribution in [0.4, 0.5) is 10.5 Å². The van der Waals surface area contributed by atoms with Gasteiger partial charge in [0.1, 0.15) is 17.2 Å². The van der Waals surface area contributed by atoms with E-state index in [1.807, 2.05) is 0 Å². The maximum atomic E-state index is 12.6. The molecule has 0 saturated heterocycles. The molecule has 152 valence electrons. The van der Waals surface area contributed by atoms with Gasteiger partial charge in [-0.3, -0.25) is 9.59 Å². The van der Waals surface area contributed by atoms with Crippen molar-refractivity contribution in [1.82, 2.24) is 4.90 Å². The number of amidine groups is 1. The Bertz CT molecular complexity index is 1140. The first kappa shape index (κ1) is 20.4. The molecule has 10 nitrogen and oxygen atoms in total. The highest BCUT2D eigenvalue weighted by Crippen LogP contribution is 2.23. The second-order valence-electron chi connectivity index (χ2n) is 6.28. The van der Waals surface area contributed by atoms with E-state index in [0.717, 1.165) is 28.5 Å². The van der Waals surface area contributed by atoms with Crippen molar-refractivity contribution >= 4 is 41.0 Å². The molecule has 1 heterocycles.